The largest absolute Gasteiger partial charge is 0.478 e. The molecule has 0 spiro atoms. The van der Waals surface area contributed by atoms with E-state index in [9.17, 15) is 4.79 Å². The van der Waals surface area contributed by atoms with E-state index in [0.717, 1.165) is 43.7 Å². The van der Waals surface area contributed by atoms with Crippen LogP contribution in [-0.2, 0) is 13.0 Å². The van der Waals surface area contributed by atoms with Crippen LogP contribution >= 0.6 is 11.6 Å². The first-order valence-corrected chi connectivity index (χ1v) is 8.14. The van der Waals surface area contributed by atoms with Gasteiger partial charge in [0, 0.05) is 13.1 Å². The number of hydrogen-bond acceptors (Lipinski definition) is 3. The van der Waals surface area contributed by atoms with Gasteiger partial charge in [-0.15, -0.1) is 0 Å². The Kier molecular flexibility index (Phi) is 4.94. The van der Waals surface area contributed by atoms with Crippen LogP contribution in [0, 0.1) is 5.92 Å². The summed E-state index contributed by atoms with van der Waals surface area (Å²) in [6.45, 7) is 2.86. The van der Waals surface area contributed by atoms with E-state index in [4.69, 9.17) is 16.7 Å². The van der Waals surface area contributed by atoms with E-state index in [1.165, 1.54) is 0 Å². The van der Waals surface area contributed by atoms with Gasteiger partial charge in [0.2, 0.25) is 0 Å². The van der Waals surface area contributed by atoms with Gasteiger partial charge in [-0.2, -0.15) is 0 Å². The number of rotatable bonds is 5. The summed E-state index contributed by atoms with van der Waals surface area (Å²) in [5, 5.41) is 9.60. The number of halogens is 1. The van der Waals surface area contributed by atoms with Gasteiger partial charge in [0.25, 0.3) is 0 Å². The van der Waals surface area contributed by atoms with E-state index in [2.05, 4.69) is 9.88 Å². The molecule has 2 heterocycles. The molecular weight excluding hydrogens is 312 g/mol. The minimum Gasteiger partial charge on any atom is -0.478 e. The van der Waals surface area contributed by atoms with Crippen LogP contribution in [0.5, 0.6) is 0 Å². The molecule has 23 heavy (non-hydrogen) atoms. The van der Waals surface area contributed by atoms with Gasteiger partial charge in [-0.25, -0.2) is 9.78 Å². The summed E-state index contributed by atoms with van der Waals surface area (Å²) in [6.07, 6.45) is 2.04. The molecule has 1 fully saturated rings. The molecule has 1 saturated heterocycles. The molecule has 1 aliphatic heterocycles. The van der Waals surface area contributed by atoms with Crippen LogP contribution in [0.4, 0.5) is 0 Å². The Labute approximate surface area is 140 Å². The van der Waals surface area contributed by atoms with E-state index in [0.29, 0.717) is 16.6 Å². The third kappa shape index (κ3) is 4.30. The van der Waals surface area contributed by atoms with E-state index in [-0.39, 0.29) is 0 Å². The fourth-order valence-electron chi connectivity index (χ4n) is 3.16. The van der Waals surface area contributed by atoms with Crippen molar-refractivity contribution < 1.29 is 9.90 Å². The van der Waals surface area contributed by atoms with Gasteiger partial charge in [-0.05, 0) is 55.1 Å². The first-order chi connectivity index (χ1) is 11.1. The van der Waals surface area contributed by atoms with E-state index >= 15 is 0 Å². The van der Waals surface area contributed by atoms with Crippen LogP contribution in [0.3, 0.4) is 0 Å². The van der Waals surface area contributed by atoms with E-state index in [1.54, 1.807) is 18.2 Å². The molecule has 4 nitrogen and oxygen atoms in total. The topological polar surface area (TPSA) is 53.4 Å². The van der Waals surface area contributed by atoms with Crippen molar-refractivity contribution >= 4 is 17.6 Å². The Morgan fingerprint density at radius 1 is 1.30 bits per heavy atom. The van der Waals surface area contributed by atoms with E-state index in [1.807, 2.05) is 24.3 Å². The molecule has 1 N–H and O–H groups in total. The van der Waals surface area contributed by atoms with Crippen molar-refractivity contribution in [3.63, 3.8) is 0 Å². The maximum atomic E-state index is 11.0. The normalized spacial score (nSPS) is 18.2. The summed E-state index contributed by atoms with van der Waals surface area (Å²) >= 11 is 5.93. The molecule has 1 aliphatic rings. The van der Waals surface area contributed by atoms with Crippen molar-refractivity contribution in [2.75, 3.05) is 13.1 Å². The molecule has 0 saturated carbocycles. The molecule has 1 unspecified atom stereocenters. The molecule has 1 aromatic heterocycles. The molecule has 0 bridgehead atoms. The molecule has 0 amide bonds. The minimum absolute atomic E-state index is 0.362. The predicted molar refractivity (Wildman–Crippen MR) is 89.7 cm³/mol. The van der Waals surface area contributed by atoms with Crippen LogP contribution in [0.15, 0.2) is 42.5 Å². The highest BCUT2D eigenvalue weighted by molar-refractivity contribution is 6.29. The highest BCUT2D eigenvalue weighted by Crippen LogP contribution is 2.23. The van der Waals surface area contributed by atoms with Crippen molar-refractivity contribution in [3.8, 4) is 0 Å². The van der Waals surface area contributed by atoms with Gasteiger partial charge in [0.05, 0.1) is 11.3 Å². The monoisotopic (exact) mass is 330 g/mol. The molecular formula is C18H19ClN2O2. The molecule has 5 heteroatoms. The average molecular weight is 331 g/mol. The van der Waals surface area contributed by atoms with Gasteiger partial charge in [0.15, 0.2) is 0 Å². The van der Waals surface area contributed by atoms with Crippen molar-refractivity contribution in [1.29, 1.82) is 0 Å². The lowest BCUT2D eigenvalue weighted by atomic mass is 9.97. The van der Waals surface area contributed by atoms with Gasteiger partial charge in [-0.1, -0.05) is 29.8 Å². The van der Waals surface area contributed by atoms with Crippen molar-refractivity contribution in [3.05, 3.63) is 64.4 Å². The first-order valence-electron chi connectivity index (χ1n) is 7.76. The Bertz CT molecular complexity index is 705. The Balaban J connectivity index is 1.57. The maximum absolute atomic E-state index is 11.0. The summed E-state index contributed by atoms with van der Waals surface area (Å²) in [6, 6.07) is 13.0. The van der Waals surface area contributed by atoms with Crippen molar-refractivity contribution in [1.82, 2.24) is 9.88 Å². The number of nitrogens with zero attached hydrogens (tertiary/aromatic N) is 2. The zero-order valence-corrected chi connectivity index (χ0v) is 13.5. The molecule has 1 atom stereocenters. The zero-order chi connectivity index (χ0) is 16.2. The van der Waals surface area contributed by atoms with Crippen LogP contribution in [0.1, 0.15) is 28.0 Å². The first kappa shape index (κ1) is 16.0. The average Bonchev–Trinajstić information content (AvgIpc) is 2.94. The number of pyridine rings is 1. The number of hydrogen-bond donors (Lipinski definition) is 1. The fourth-order valence-corrected chi connectivity index (χ4v) is 3.34. The van der Waals surface area contributed by atoms with Gasteiger partial charge in [0.1, 0.15) is 5.15 Å². The summed E-state index contributed by atoms with van der Waals surface area (Å²) in [5.74, 6) is -0.315. The number of carboxylic acid groups (broad SMARTS) is 1. The fraction of sp³-hybridized carbons (Fsp3) is 0.333. The zero-order valence-electron chi connectivity index (χ0n) is 12.8. The summed E-state index contributed by atoms with van der Waals surface area (Å²) < 4.78 is 0. The number of likely N-dealkylation sites (tertiary alicyclic amines) is 1. The lowest BCUT2D eigenvalue weighted by Crippen LogP contribution is -2.21. The molecule has 120 valence electrons. The minimum atomic E-state index is -0.869. The lowest BCUT2D eigenvalue weighted by Gasteiger charge is -2.15. The van der Waals surface area contributed by atoms with Gasteiger partial charge >= 0.3 is 5.97 Å². The third-order valence-corrected chi connectivity index (χ3v) is 4.44. The molecule has 2 aromatic rings. The smallest absolute Gasteiger partial charge is 0.335 e. The maximum Gasteiger partial charge on any atom is 0.335 e. The summed E-state index contributed by atoms with van der Waals surface area (Å²) in [4.78, 5) is 17.8. The van der Waals surface area contributed by atoms with Crippen LogP contribution < -0.4 is 0 Å². The lowest BCUT2D eigenvalue weighted by molar-refractivity contribution is 0.0696. The second-order valence-electron chi connectivity index (χ2n) is 6.05. The quantitative estimate of drug-likeness (QED) is 0.852. The summed E-state index contributed by atoms with van der Waals surface area (Å²) in [5.41, 5.74) is 2.45. The highest BCUT2D eigenvalue weighted by atomic mass is 35.5. The van der Waals surface area contributed by atoms with E-state index < -0.39 is 5.97 Å². The number of aromatic nitrogens is 1. The Morgan fingerprint density at radius 2 is 2.13 bits per heavy atom. The van der Waals surface area contributed by atoms with Crippen molar-refractivity contribution in [2.45, 2.75) is 19.4 Å². The molecule has 1 aromatic carbocycles. The van der Waals surface area contributed by atoms with Gasteiger partial charge in [-0.3, -0.25) is 4.90 Å². The number of benzene rings is 1. The standard InChI is InChI=1S/C18H19ClN2O2/c19-17-6-2-5-16(20-17)12-21-8-7-14(11-21)9-13-3-1-4-15(10-13)18(22)23/h1-6,10,14H,7-9,11-12H2,(H,22,23). The number of carboxylic acids is 1. The second-order valence-corrected chi connectivity index (χ2v) is 6.44. The SMILES string of the molecule is O=C(O)c1cccc(CC2CCN(Cc3cccc(Cl)n3)C2)c1. The predicted octanol–water partition coefficient (Wildman–Crippen LogP) is 3.50. The highest BCUT2D eigenvalue weighted by Gasteiger charge is 2.23. The Hall–Kier alpha value is -1.91. The molecule has 0 aliphatic carbocycles. The third-order valence-electron chi connectivity index (χ3n) is 4.23. The van der Waals surface area contributed by atoms with Crippen LogP contribution in [0.25, 0.3) is 0 Å². The number of aromatic carboxylic acids is 1. The second kappa shape index (κ2) is 7.11. The molecule has 0 radical (unpaired) electrons. The summed E-state index contributed by atoms with van der Waals surface area (Å²) in [7, 11) is 0. The van der Waals surface area contributed by atoms with Crippen LogP contribution in [0.2, 0.25) is 5.15 Å². The van der Waals surface area contributed by atoms with Gasteiger partial charge < -0.3 is 5.11 Å². The van der Waals surface area contributed by atoms with Crippen LogP contribution in [-0.4, -0.2) is 34.0 Å². The Morgan fingerprint density at radius 3 is 2.91 bits per heavy atom. The number of carbonyl (C=O) groups is 1. The van der Waals surface area contributed by atoms with Crippen molar-refractivity contribution in [2.24, 2.45) is 5.92 Å². The molecule has 3 rings (SSSR count).